The van der Waals surface area contributed by atoms with Crippen molar-refractivity contribution < 1.29 is 9.53 Å². The molecule has 1 saturated heterocycles. The second kappa shape index (κ2) is 6.78. The summed E-state index contributed by atoms with van der Waals surface area (Å²) in [7, 11) is 0. The average molecular weight is 303 g/mol. The van der Waals surface area contributed by atoms with Gasteiger partial charge in [0.1, 0.15) is 6.10 Å². The average Bonchev–Trinajstić information content (AvgIpc) is 3.08. The van der Waals surface area contributed by atoms with Crippen molar-refractivity contribution in [3.63, 3.8) is 0 Å². The Bertz CT molecular complexity index is 577. The first-order chi connectivity index (χ1) is 10.3. The van der Waals surface area contributed by atoms with E-state index < -0.39 is 0 Å². The lowest BCUT2D eigenvalue weighted by Gasteiger charge is -2.21. The molecule has 0 aliphatic carbocycles. The Hall–Kier alpha value is -1.79. The molecular weight excluding hydrogens is 286 g/mol. The van der Waals surface area contributed by atoms with E-state index >= 15 is 0 Å². The molecule has 1 aliphatic rings. The van der Waals surface area contributed by atoms with Crippen LogP contribution in [0.5, 0.6) is 0 Å². The zero-order valence-corrected chi connectivity index (χ0v) is 12.4. The van der Waals surface area contributed by atoms with E-state index in [1.54, 1.807) is 18.5 Å². The molecule has 0 aromatic carbocycles. The van der Waals surface area contributed by atoms with Gasteiger partial charge in [0.2, 0.25) is 0 Å². The second-order valence-electron chi connectivity index (χ2n) is 5.00. The van der Waals surface area contributed by atoms with Gasteiger partial charge in [-0.05, 0) is 30.7 Å². The minimum Gasteiger partial charge on any atom is -0.370 e. The first-order valence-electron chi connectivity index (χ1n) is 7.06. The van der Waals surface area contributed by atoms with Crippen molar-refractivity contribution in [2.45, 2.75) is 31.9 Å². The van der Waals surface area contributed by atoms with Crippen molar-refractivity contribution in [1.29, 1.82) is 0 Å². The van der Waals surface area contributed by atoms with Crippen LogP contribution >= 0.6 is 11.3 Å². The lowest BCUT2D eigenvalue weighted by Crippen LogP contribution is -2.22. The van der Waals surface area contributed by atoms with Gasteiger partial charge in [-0.3, -0.25) is 4.79 Å². The summed E-state index contributed by atoms with van der Waals surface area (Å²) < 4.78 is 5.66. The van der Waals surface area contributed by atoms with Gasteiger partial charge in [-0.2, -0.15) is 11.3 Å². The van der Waals surface area contributed by atoms with Crippen LogP contribution in [0.1, 0.15) is 47.1 Å². The highest BCUT2D eigenvalue weighted by molar-refractivity contribution is 7.08. The monoisotopic (exact) mass is 303 g/mol. The maximum atomic E-state index is 11.8. The summed E-state index contributed by atoms with van der Waals surface area (Å²) in [6, 6.07) is 1.81. The molecule has 6 heteroatoms. The molecule has 110 valence electrons. The number of hydrogen-bond acceptors (Lipinski definition) is 5. The van der Waals surface area contributed by atoms with Gasteiger partial charge < -0.3 is 10.1 Å². The van der Waals surface area contributed by atoms with Crippen molar-refractivity contribution in [3.05, 3.63) is 46.2 Å². The fourth-order valence-electron chi connectivity index (χ4n) is 2.24. The maximum Gasteiger partial charge on any atom is 0.252 e. The SMILES string of the molecule is O=C(NCc1cnc([C@@H]2CCCCO2)nc1)c1ccsc1. The minimum atomic E-state index is -0.0732. The third-order valence-electron chi connectivity index (χ3n) is 3.43. The van der Waals surface area contributed by atoms with Gasteiger partial charge in [-0.25, -0.2) is 9.97 Å². The molecule has 21 heavy (non-hydrogen) atoms. The number of amides is 1. The molecule has 5 nitrogen and oxygen atoms in total. The Morgan fingerprint density at radius 1 is 1.38 bits per heavy atom. The number of carbonyl (C=O) groups is 1. The predicted octanol–water partition coefficient (Wildman–Crippen LogP) is 2.71. The molecule has 3 heterocycles. The first kappa shape index (κ1) is 14.2. The Labute approximate surface area is 127 Å². The molecule has 0 bridgehead atoms. The number of aromatic nitrogens is 2. The van der Waals surface area contributed by atoms with Crippen LogP contribution in [-0.4, -0.2) is 22.5 Å². The van der Waals surface area contributed by atoms with Crippen LogP contribution in [0.2, 0.25) is 0 Å². The number of hydrogen-bond donors (Lipinski definition) is 1. The van der Waals surface area contributed by atoms with Crippen molar-refractivity contribution >= 4 is 17.2 Å². The standard InChI is InChI=1S/C15H17N3O2S/c19-15(12-4-6-21-10-12)18-9-11-7-16-14(17-8-11)13-3-1-2-5-20-13/h4,6-8,10,13H,1-3,5,9H2,(H,18,19)/t13-/m0/s1. The molecule has 1 N–H and O–H groups in total. The van der Waals surface area contributed by atoms with E-state index in [2.05, 4.69) is 15.3 Å². The van der Waals surface area contributed by atoms with Crippen LogP contribution in [0.3, 0.4) is 0 Å². The summed E-state index contributed by atoms with van der Waals surface area (Å²) in [4.78, 5) is 20.5. The Morgan fingerprint density at radius 2 is 2.24 bits per heavy atom. The highest BCUT2D eigenvalue weighted by Crippen LogP contribution is 2.24. The fraction of sp³-hybridized carbons (Fsp3) is 0.400. The van der Waals surface area contributed by atoms with E-state index in [1.165, 1.54) is 11.3 Å². The van der Waals surface area contributed by atoms with Crippen LogP contribution in [-0.2, 0) is 11.3 Å². The molecule has 3 rings (SSSR count). The van der Waals surface area contributed by atoms with Crippen LogP contribution < -0.4 is 5.32 Å². The van der Waals surface area contributed by atoms with Crippen LogP contribution in [0.15, 0.2) is 29.2 Å². The number of carbonyl (C=O) groups excluding carboxylic acids is 1. The molecule has 0 radical (unpaired) electrons. The topological polar surface area (TPSA) is 64.1 Å². The minimum absolute atomic E-state index is 0.0215. The highest BCUT2D eigenvalue weighted by Gasteiger charge is 2.18. The van der Waals surface area contributed by atoms with Crippen LogP contribution in [0.25, 0.3) is 0 Å². The number of nitrogens with zero attached hydrogens (tertiary/aromatic N) is 2. The Kier molecular flexibility index (Phi) is 4.57. The fourth-order valence-corrected chi connectivity index (χ4v) is 2.88. The van der Waals surface area contributed by atoms with Crippen molar-refractivity contribution in [2.75, 3.05) is 6.61 Å². The van der Waals surface area contributed by atoms with Crippen molar-refractivity contribution in [2.24, 2.45) is 0 Å². The zero-order chi connectivity index (χ0) is 14.5. The van der Waals surface area contributed by atoms with Gasteiger partial charge in [0.15, 0.2) is 5.82 Å². The molecule has 1 amide bonds. The van der Waals surface area contributed by atoms with Gasteiger partial charge in [0.05, 0.1) is 0 Å². The largest absolute Gasteiger partial charge is 0.370 e. The molecule has 1 aliphatic heterocycles. The van der Waals surface area contributed by atoms with E-state index in [9.17, 15) is 4.79 Å². The van der Waals surface area contributed by atoms with Gasteiger partial charge in [0.25, 0.3) is 5.91 Å². The zero-order valence-electron chi connectivity index (χ0n) is 11.6. The van der Waals surface area contributed by atoms with Crippen LogP contribution in [0.4, 0.5) is 0 Å². The summed E-state index contributed by atoms with van der Waals surface area (Å²) in [5.41, 5.74) is 1.58. The van der Waals surface area contributed by atoms with E-state index in [0.29, 0.717) is 12.1 Å². The second-order valence-corrected chi connectivity index (χ2v) is 5.78. The normalized spacial score (nSPS) is 18.4. The third kappa shape index (κ3) is 3.65. The molecule has 0 saturated carbocycles. The summed E-state index contributed by atoms with van der Waals surface area (Å²) in [5, 5.41) is 6.57. The molecule has 0 unspecified atom stereocenters. The number of ether oxygens (including phenoxy) is 1. The summed E-state index contributed by atoms with van der Waals surface area (Å²) >= 11 is 1.51. The van der Waals surface area contributed by atoms with Gasteiger partial charge in [-0.15, -0.1) is 0 Å². The first-order valence-corrected chi connectivity index (χ1v) is 8.00. The van der Waals surface area contributed by atoms with E-state index in [0.717, 1.165) is 37.3 Å². The van der Waals surface area contributed by atoms with E-state index in [1.807, 2.05) is 10.8 Å². The molecule has 2 aromatic heterocycles. The van der Waals surface area contributed by atoms with E-state index in [-0.39, 0.29) is 12.0 Å². The van der Waals surface area contributed by atoms with Crippen molar-refractivity contribution in [3.8, 4) is 0 Å². The third-order valence-corrected chi connectivity index (χ3v) is 4.11. The molecule has 1 atom stereocenters. The van der Waals surface area contributed by atoms with Crippen molar-refractivity contribution in [1.82, 2.24) is 15.3 Å². The van der Waals surface area contributed by atoms with Gasteiger partial charge >= 0.3 is 0 Å². The quantitative estimate of drug-likeness (QED) is 0.943. The Morgan fingerprint density at radius 3 is 2.90 bits per heavy atom. The Balaban J connectivity index is 1.55. The molecular formula is C15H17N3O2S. The summed E-state index contributed by atoms with van der Waals surface area (Å²) in [5.74, 6) is 0.665. The number of nitrogens with one attached hydrogen (secondary N) is 1. The van der Waals surface area contributed by atoms with Gasteiger partial charge in [-0.1, -0.05) is 0 Å². The number of rotatable bonds is 4. The number of thiophene rings is 1. The highest BCUT2D eigenvalue weighted by atomic mass is 32.1. The summed E-state index contributed by atoms with van der Waals surface area (Å²) in [6.45, 7) is 1.22. The molecule has 1 fully saturated rings. The predicted molar refractivity (Wildman–Crippen MR) is 80.1 cm³/mol. The molecule has 2 aromatic rings. The maximum absolute atomic E-state index is 11.8. The smallest absolute Gasteiger partial charge is 0.252 e. The lowest BCUT2D eigenvalue weighted by atomic mass is 10.1. The van der Waals surface area contributed by atoms with Crippen LogP contribution in [0, 0.1) is 0 Å². The van der Waals surface area contributed by atoms with Gasteiger partial charge in [0, 0.05) is 42.1 Å². The van der Waals surface area contributed by atoms with E-state index in [4.69, 9.17) is 4.74 Å². The summed E-state index contributed by atoms with van der Waals surface area (Å²) in [6.07, 6.45) is 6.79. The lowest BCUT2D eigenvalue weighted by molar-refractivity contribution is 0.00940. The molecule has 0 spiro atoms.